The molecule has 5 nitrogen and oxygen atoms in total. The summed E-state index contributed by atoms with van der Waals surface area (Å²) < 4.78 is 25.0. The number of ether oxygens (including phenoxy) is 2. The summed E-state index contributed by atoms with van der Waals surface area (Å²) >= 11 is 5.22. The number of nitrogens with one attached hydrogen (secondary N) is 2. The molecule has 0 spiro atoms. The second kappa shape index (κ2) is 7.29. The average molecular weight is 373 g/mol. The lowest BCUT2D eigenvalue weighted by molar-refractivity contribution is 0.111. The van der Waals surface area contributed by atoms with Gasteiger partial charge in [0.05, 0.1) is 18.5 Å². The van der Waals surface area contributed by atoms with Gasteiger partial charge < -0.3 is 14.8 Å². The molecule has 7 heteroatoms. The van der Waals surface area contributed by atoms with Crippen molar-refractivity contribution in [2.75, 3.05) is 12.4 Å². The number of thiocarbonyl (C=S) groups is 1. The van der Waals surface area contributed by atoms with Crippen molar-refractivity contribution in [3.05, 3.63) is 53.8 Å². The molecule has 0 bridgehead atoms. The van der Waals surface area contributed by atoms with E-state index < -0.39 is 5.60 Å². The standard InChI is InChI=1S/C19H20FN3O2S/c1-19(2)11-16(13-10-12(24-3)8-9-17(13)25-19)22-23-18(26)21-15-7-5-4-6-14(15)20/h4-10H,11H2,1-3H3,(H2,21,23,26)/b22-16+. The molecule has 26 heavy (non-hydrogen) atoms. The summed E-state index contributed by atoms with van der Waals surface area (Å²) in [5, 5.41) is 7.43. The number of nitrogens with zero attached hydrogens (tertiary/aromatic N) is 1. The van der Waals surface area contributed by atoms with Gasteiger partial charge in [-0.2, -0.15) is 5.10 Å². The molecule has 136 valence electrons. The molecular weight excluding hydrogens is 353 g/mol. The van der Waals surface area contributed by atoms with Gasteiger partial charge >= 0.3 is 0 Å². The van der Waals surface area contributed by atoms with Gasteiger partial charge in [-0.15, -0.1) is 0 Å². The summed E-state index contributed by atoms with van der Waals surface area (Å²) in [5.41, 5.74) is 4.30. The van der Waals surface area contributed by atoms with Crippen LogP contribution in [0.15, 0.2) is 47.6 Å². The highest BCUT2D eigenvalue weighted by Gasteiger charge is 2.31. The Bertz CT molecular complexity index is 868. The Morgan fingerprint density at radius 2 is 2.04 bits per heavy atom. The molecular formula is C19H20FN3O2S. The molecule has 1 aliphatic rings. The highest BCUT2D eigenvalue weighted by atomic mass is 32.1. The van der Waals surface area contributed by atoms with Crippen LogP contribution in [0.5, 0.6) is 11.5 Å². The Balaban J connectivity index is 1.81. The van der Waals surface area contributed by atoms with E-state index >= 15 is 0 Å². The second-order valence-corrected chi connectivity index (χ2v) is 6.91. The fourth-order valence-corrected chi connectivity index (χ4v) is 2.87. The molecule has 2 N–H and O–H groups in total. The fourth-order valence-electron chi connectivity index (χ4n) is 2.71. The summed E-state index contributed by atoms with van der Waals surface area (Å²) in [6.07, 6.45) is 0.586. The van der Waals surface area contributed by atoms with Crippen LogP contribution in [0.4, 0.5) is 10.1 Å². The predicted octanol–water partition coefficient (Wildman–Crippen LogP) is 4.09. The SMILES string of the molecule is COc1ccc2c(c1)/C(=N/NC(=S)Nc1ccccc1F)CC(C)(C)O2. The van der Waals surface area contributed by atoms with E-state index in [1.165, 1.54) is 6.07 Å². The minimum atomic E-state index is -0.400. The summed E-state index contributed by atoms with van der Waals surface area (Å²) in [5.74, 6) is 1.06. The Morgan fingerprint density at radius 1 is 1.27 bits per heavy atom. The second-order valence-electron chi connectivity index (χ2n) is 6.50. The molecule has 0 aromatic heterocycles. The van der Waals surface area contributed by atoms with Gasteiger partial charge in [0, 0.05) is 12.0 Å². The lowest BCUT2D eigenvalue weighted by Crippen LogP contribution is -2.37. The van der Waals surface area contributed by atoms with Crippen LogP contribution in [-0.2, 0) is 0 Å². The van der Waals surface area contributed by atoms with Crippen molar-refractivity contribution in [3.63, 3.8) is 0 Å². The van der Waals surface area contributed by atoms with Crippen LogP contribution in [0.3, 0.4) is 0 Å². The smallest absolute Gasteiger partial charge is 0.191 e. The van der Waals surface area contributed by atoms with Gasteiger partial charge in [-0.25, -0.2) is 4.39 Å². The maximum Gasteiger partial charge on any atom is 0.191 e. The first kappa shape index (κ1) is 18.1. The number of anilines is 1. The van der Waals surface area contributed by atoms with Crippen LogP contribution < -0.4 is 20.2 Å². The first-order chi connectivity index (χ1) is 12.4. The first-order valence-corrected chi connectivity index (χ1v) is 8.54. The topological polar surface area (TPSA) is 54.9 Å². The summed E-state index contributed by atoms with van der Waals surface area (Å²) in [6, 6.07) is 11.9. The zero-order valence-electron chi connectivity index (χ0n) is 14.8. The summed E-state index contributed by atoms with van der Waals surface area (Å²) in [7, 11) is 1.61. The predicted molar refractivity (Wildman–Crippen MR) is 105 cm³/mol. The largest absolute Gasteiger partial charge is 0.497 e. The number of rotatable bonds is 3. The van der Waals surface area contributed by atoms with Crippen molar-refractivity contribution in [2.45, 2.75) is 25.9 Å². The highest BCUT2D eigenvalue weighted by molar-refractivity contribution is 7.80. The average Bonchev–Trinajstić information content (AvgIpc) is 2.60. The van der Waals surface area contributed by atoms with Gasteiger partial charge in [0.15, 0.2) is 5.11 Å². The number of benzene rings is 2. The normalized spacial score (nSPS) is 16.4. The molecule has 1 heterocycles. The quantitative estimate of drug-likeness (QED) is 0.627. The van der Waals surface area contributed by atoms with Crippen molar-refractivity contribution in [3.8, 4) is 11.5 Å². The van der Waals surface area contributed by atoms with Crippen molar-refractivity contribution < 1.29 is 13.9 Å². The number of hydrogen-bond acceptors (Lipinski definition) is 4. The lowest BCUT2D eigenvalue weighted by Gasteiger charge is -2.33. The van der Waals surface area contributed by atoms with Crippen LogP contribution in [-0.4, -0.2) is 23.5 Å². The maximum absolute atomic E-state index is 13.7. The highest BCUT2D eigenvalue weighted by Crippen LogP contribution is 2.35. The first-order valence-electron chi connectivity index (χ1n) is 8.13. The molecule has 1 aliphatic heterocycles. The van der Waals surface area contributed by atoms with Crippen molar-refractivity contribution in [2.24, 2.45) is 5.10 Å². The van der Waals surface area contributed by atoms with E-state index in [2.05, 4.69) is 15.8 Å². The maximum atomic E-state index is 13.7. The molecule has 0 aliphatic carbocycles. The molecule has 0 saturated carbocycles. The summed E-state index contributed by atoms with van der Waals surface area (Å²) in [4.78, 5) is 0. The van der Waals surface area contributed by atoms with E-state index in [1.54, 1.807) is 25.3 Å². The lowest BCUT2D eigenvalue weighted by atomic mass is 9.92. The molecule has 0 atom stereocenters. The van der Waals surface area contributed by atoms with Gasteiger partial charge in [-0.3, -0.25) is 5.43 Å². The zero-order chi connectivity index (χ0) is 18.7. The van der Waals surface area contributed by atoms with Crippen LogP contribution in [0, 0.1) is 5.82 Å². The van der Waals surface area contributed by atoms with Gasteiger partial charge in [0.1, 0.15) is 22.9 Å². The van der Waals surface area contributed by atoms with Crippen LogP contribution in [0.1, 0.15) is 25.8 Å². The zero-order valence-corrected chi connectivity index (χ0v) is 15.6. The molecule has 2 aromatic rings. The molecule has 0 saturated heterocycles. The molecule has 0 fully saturated rings. The van der Waals surface area contributed by atoms with E-state index in [1.807, 2.05) is 32.0 Å². The minimum Gasteiger partial charge on any atom is -0.497 e. The Labute approximate surface area is 157 Å². The Hall–Kier alpha value is -2.67. The molecule has 0 radical (unpaired) electrons. The van der Waals surface area contributed by atoms with Crippen LogP contribution >= 0.6 is 12.2 Å². The van der Waals surface area contributed by atoms with Gasteiger partial charge in [0.25, 0.3) is 0 Å². The number of fused-ring (bicyclic) bond motifs is 1. The third-order valence-electron chi connectivity index (χ3n) is 3.89. The van der Waals surface area contributed by atoms with E-state index in [0.717, 1.165) is 17.0 Å². The number of hydrogen-bond donors (Lipinski definition) is 2. The van der Waals surface area contributed by atoms with Gasteiger partial charge in [-0.05, 0) is 56.4 Å². The van der Waals surface area contributed by atoms with Crippen molar-refractivity contribution in [1.29, 1.82) is 0 Å². The Morgan fingerprint density at radius 3 is 2.77 bits per heavy atom. The monoisotopic (exact) mass is 373 g/mol. The van der Waals surface area contributed by atoms with E-state index in [9.17, 15) is 4.39 Å². The van der Waals surface area contributed by atoms with E-state index in [-0.39, 0.29) is 10.9 Å². The summed E-state index contributed by atoms with van der Waals surface area (Å²) in [6.45, 7) is 3.98. The van der Waals surface area contributed by atoms with E-state index in [4.69, 9.17) is 21.7 Å². The van der Waals surface area contributed by atoms with Crippen LogP contribution in [0.2, 0.25) is 0 Å². The van der Waals surface area contributed by atoms with Crippen molar-refractivity contribution >= 4 is 28.7 Å². The fraction of sp³-hybridized carbons (Fsp3) is 0.263. The number of methoxy groups -OCH3 is 1. The van der Waals surface area contributed by atoms with Crippen LogP contribution in [0.25, 0.3) is 0 Å². The van der Waals surface area contributed by atoms with Gasteiger partial charge in [0.2, 0.25) is 0 Å². The number of halogens is 1. The Kier molecular flexibility index (Phi) is 5.08. The third-order valence-corrected chi connectivity index (χ3v) is 4.08. The van der Waals surface area contributed by atoms with Crippen molar-refractivity contribution in [1.82, 2.24) is 5.43 Å². The number of para-hydroxylation sites is 1. The molecule has 3 rings (SSSR count). The van der Waals surface area contributed by atoms with E-state index in [0.29, 0.717) is 17.9 Å². The van der Waals surface area contributed by atoms with Gasteiger partial charge in [-0.1, -0.05) is 12.1 Å². The third kappa shape index (κ3) is 4.11. The minimum absolute atomic E-state index is 0.205. The molecule has 0 unspecified atom stereocenters. The molecule has 2 aromatic carbocycles. The number of hydrazone groups is 1. The molecule has 0 amide bonds.